The van der Waals surface area contributed by atoms with Crippen LogP contribution in [-0.4, -0.2) is 43.8 Å². The minimum atomic E-state index is -5.84. The molecule has 0 aliphatic carbocycles. The highest BCUT2D eigenvalue weighted by Crippen LogP contribution is 2.38. The minimum absolute atomic E-state index is 0.305. The summed E-state index contributed by atoms with van der Waals surface area (Å²) in [5.41, 5.74) is 2.12. The molecule has 0 spiro atoms. The molecule has 0 bridgehead atoms. The van der Waals surface area contributed by atoms with Crippen LogP contribution in [0.3, 0.4) is 0 Å². The molecule has 5 rings (SSSR count). The molecule has 0 fully saturated rings. The van der Waals surface area contributed by atoms with Crippen LogP contribution in [0, 0.1) is 6.92 Å². The zero-order chi connectivity index (χ0) is 27.3. The van der Waals surface area contributed by atoms with E-state index in [1.165, 1.54) is 7.05 Å². The molecule has 0 amide bonds. The predicted octanol–water partition coefficient (Wildman–Crippen LogP) is 2.85. The van der Waals surface area contributed by atoms with E-state index in [1.54, 1.807) is 23.0 Å². The van der Waals surface area contributed by atoms with Gasteiger partial charge in [0.1, 0.15) is 5.01 Å². The number of benzene rings is 1. The molecule has 4 aromatic rings. The van der Waals surface area contributed by atoms with Gasteiger partial charge in [-0.2, -0.15) is 21.6 Å². The van der Waals surface area contributed by atoms with E-state index in [4.69, 9.17) is 13.0 Å². The van der Waals surface area contributed by atoms with E-state index in [9.17, 15) is 22.8 Å². The number of halogens is 3. The zero-order valence-corrected chi connectivity index (χ0v) is 21.2. The Bertz CT molecular complexity index is 1760. The highest BCUT2D eigenvalue weighted by molar-refractivity contribution is 7.86. The van der Waals surface area contributed by atoms with Gasteiger partial charge in [-0.1, -0.05) is 36.4 Å². The van der Waals surface area contributed by atoms with Crippen molar-refractivity contribution in [3.63, 3.8) is 0 Å². The Morgan fingerprint density at radius 3 is 2.24 bits per heavy atom. The van der Waals surface area contributed by atoms with Crippen LogP contribution < -0.4 is 16.7 Å². The highest BCUT2D eigenvalue weighted by Gasteiger charge is 2.44. The number of nitrogens with zero attached hydrogens (tertiary/aromatic N) is 4. The van der Waals surface area contributed by atoms with Gasteiger partial charge in [-0.25, -0.2) is 9.78 Å². The first-order chi connectivity index (χ1) is 17.2. The second-order valence-corrected chi connectivity index (χ2v) is 10.3. The summed E-state index contributed by atoms with van der Waals surface area (Å²) in [5, 5.41) is 3.39. The van der Waals surface area contributed by atoms with Crippen LogP contribution in [0.2, 0.25) is 0 Å². The number of thiazole rings is 1. The summed E-state index contributed by atoms with van der Waals surface area (Å²) < 4.78 is 62.2. The van der Waals surface area contributed by atoms with Crippen LogP contribution in [0.1, 0.15) is 16.4 Å². The number of hydrogen-bond donors (Lipinski definition) is 2. The van der Waals surface area contributed by atoms with Gasteiger partial charge >= 0.3 is 21.3 Å². The second kappa shape index (κ2) is 9.32. The average molecular weight is 556 g/mol. The maximum Gasteiger partial charge on any atom is 0.522 e. The number of rotatable bonds is 2. The third-order valence-corrected chi connectivity index (χ3v) is 7.15. The Kier molecular flexibility index (Phi) is 6.64. The topological polar surface area (TPSA) is 128 Å². The summed E-state index contributed by atoms with van der Waals surface area (Å²) in [6.45, 7) is 2.55. The van der Waals surface area contributed by atoms with Gasteiger partial charge in [0.15, 0.2) is 0 Å². The molecule has 37 heavy (non-hydrogen) atoms. The Labute approximate surface area is 211 Å². The lowest BCUT2D eigenvalue weighted by Gasteiger charge is -2.20. The normalized spacial score (nSPS) is 13.4. The Balaban J connectivity index is 0.000000349. The number of aromatic nitrogens is 4. The Hall–Kier alpha value is -3.69. The predicted molar refractivity (Wildman–Crippen MR) is 134 cm³/mol. The maximum absolute atomic E-state index is 13.2. The monoisotopic (exact) mass is 555 g/mol. The van der Waals surface area contributed by atoms with Gasteiger partial charge in [0, 0.05) is 36.3 Å². The fourth-order valence-electron chi connectivity index (χ4n) is 3.94. The van der Waals surface area contributed by atoms with Gasteiger partial charge in [-0.3, -0.25) is 23.2 Å². The van der Waals surface area contributed by atoms with Crippen molar-refractivity contribution in [3.05, 3.63) is 79.0 Å². The maximum atomic E-state index is 13.2. The van der Waals surface area contributed by atoms with E-state index in [0.717, 1.165) is 37.8 Å². The Morgan fingerprint density at radius 1 is 1.08 bits per heavy atom. The third-order valence-electron chi connectivity index (χ3n) is 5.57. The molecule has 0 saturated heterocycles. The molecule has 3 aromatic heterocycles. The number of fused-ring (bicyclic) bond motifs is 3. The van der Waals surface area contributed by atoms with E-state index in [2.05, 4.69) is 16.5 Å². The number of nitrogens with one attached hydrogen (secondary N) is 1. The fourth-order valence-corrected chi connectivity index (χ4v) is 4.78. The van der Waals surface area contributed by atoms with Crippen molar-refractivity contribution in [2.45, 2.75) is 12.4 Å². The van der Waals surface area contributed by atoms with Gasteiger partial charge in [-0.05, 0) is 6.92 Å². The van der Waals surface area contributed by atoms with Gasteiger partial charge < -0.3 is 5.43 Å². The molecule has 0 unspecified atom stereocenters. The minimum Gasteiger partial charge on any atom is -0.321 e. The second-order valence-electron chi connectivity index (χ2n) is 8.02. The Morgan fingerprint density at radius 2 is 1.70 bits per heavy atom. The fraction of sp³-hybridized carbons (Fsp3) is 0.227. The lowest BCUT2D eigenvalue weighted by atomic mass is 10.1. The summed E-state index contributed by atoms with van der Waals surface area (Å²) in [7, 11) is -2.62. The quantitative estimate of drug-likeness (QED) is 0.288. The number of alkyl halides is 3. The molecular formula is C22H20F3N5O5S2. The molecule has 0 atom stereocenters. The molecular weight excluding hydrogens is 535 g/mol. The van der Waals surface area contributed by atoms with Crippen LogP contribution in [0.4, 0.5) is 13.2 Å². The van der Waals surface area contributed by atoms with Crippen LogP contribution in [0.25, 0.3) is 27.7 Å². The van der Waals surface area contributed by atoms with Crippen LogP contribution in [-0.2, 0) is 24.2 Å². The third kappa shape index (κ3) is 4.60. The van der Waals surface area contributed by atoms with E-state index in [0.29, 0.717) is 17.4 Å². The zero-order valence-electron chi connectivity index (χ0n) is 19.6. The number of aryl methyl sites for hydroxylation is 2. The van der Waals surface area contributed by atoms with Gasteiger partial charge in [0.25, 0.3) is 5.56 Å². The van der Waals surface area contributed by atoms with Crippen molar-refractivity contribution in [2.75, 3.05) is 12.0 Å². The highest BCUT2D eigenvalue weighted by atomic mass is 32.2. The molecule has 2 N–H and O–H groups in total. The lowest BCUT2D eigenvalue weighted by Crippen LogP contribution is -2.36. The molecule has 1 aromatic carbocycles. The molecule has 196 valence electrons. The van der Waals surface area contributed by atoms with Crippen molar-refractivity contribution < 1.29 is 26.1 Å². The smallest absolute Gasteiger partial charge is 0.321 e. The molecule has 1 aliphatic rings. The molecule has 0 radical (unpaired) electrons. The molecule has 1 aliphatic heterocycles. The van der Waals surface area contributed by atoms with Crippen molar-refractivity contribution in [1.82, 2.24) is 18.8 Å². The largest absolute Gasteiger partial charge is 0.522 e. The molecule has 0 saturated carbocycles. The first-order valence-electron chi connectivity index (χ1n) is 10.5. The average Bonchev–Trinajstić information content (AvgIpc) is 3.42. The van der Waals surface area contributed by atoms with Gasteiger partial charge in [0.05, 0.1) is 28.8 Å². The van der Waals surface area contributed by atoms with Crippen molar-refractivity contribution in [3.8, 4) is 11.3 Å². The lowest BCUT2D eigenvalue weighted by molar-refractivity contribution is -0.0510. The summed E-state index contributed by atoms with van der Waals surface area (Å²) >= 11 is 1.56. The van der Waals surface area contributed by atoms with Gasteiger partial charge in [0.2, 0.25) is 0 Å². The van der Waals surface area contributed by atoms with E-state index >= 15 is 0 Å². The standard InChI is InChI=1S/C21H19N5O2S.CHF3O3S/c1-12-11-29-19(23-12)14-9-10-22-26-16(13-7-5-4-6-8-13)15-18(17(14)26)24(2)21(28)25(3)20(15)27;2-1(3,4)8(5,6)7/h4-9,11,22H,10H2,1-3H3;(H,5,6,7). The summed E-state index contributed by atoms with van der Waals surface area (Å²) in [4.78, 5) is 30.6. The van der Waals surface area contributed by atoms with E-state index in [1.807, 2.05) is 47.3 Å². The van der Waals surface area contributed by atoms with Crippen LogP contribution in [0.5, 0.6) is 0 Å². The van der Waals surface area contributed by atoms with E-state index in [-0.39, 0.29) is 11.2 Å². The molecule has 15 heteroatoms. The SMILES string of the molecule is Cc1csc(C2=CCNn3c(-c4ccccc4)c4c(=O)n(C)c(=O)n(C)c4c32)n1.O=S(=O)(O)C(F)(F)F. The van der Waals surface area contributed by atoms with Crippen LogP contribution in [0.15, 0.2) is 51.4 Å². The number of hydrogen-bond acceptors (Lipinski definition) is 7. The molecule has 4 heterocycles. The van der Waals surface area contributed by atoms with Crippen LogP contribution >= 0.6 is 11.3 Å². The summed E-state index contributed by atoms with van der Waals surface area (Å²) in [5.74, 6) is 0. The summed E-state index contributed by atoms with van der Waals surface area (Å²) in [6.07, 6.45) is 2.06. The first-order valence-corrected chi connectivity index (χ1v) is 12.9. The molecule has 10 nitrogen and oxygen atoms in total. The summed E-state index contributed by atoms with van der Waals surface area (Å²) in [6, 6.07) is 9.77. The van der Waals surface area contributed by atoms with Crippen molar-refractivity contribution in [2.24, 2.45) is 14.1 Å². The van der Waals surface area contributed by atoms with Gasteiger partial charge in [-0.15, -0.1) is 11.3 Å². The first kappa shape index (κ1) is 26.4. The van der Waals surface area contributed by atoms with Crippen molar-refractivity contribution in [1.29, 1.82) is 0 Å². The van der Waals surface area contributed by atoms with Crippen molar-refractivity contribution >= 4 is 37.9 Å². The van der Waals surface area contributed by atoms with E-state index < -0.39 is 15.6 Å².